The summed E-state index contributed by atoms with van der Waals surface area (Å²) in [6, 6.07) is 1.94. The lowest BCUT2D eigenvalue weighted by Gasteiger charge is -2.52. The van der Waals surface area contributed by atoms with Gasteiger partial charge in [0.15, 0.2) is 34.7 Å². The number of hydrogen-bond acceptors (Lipinski definition) is 9. The predicted octanol–water partition coefficient (Wildman–Crippen LogP) is -1.07. The molecule has 0 aliphatic heterocycles. The number of aliphatic hydroxyl groups is 1. The fraction of sp³-hybridized carbons (Fsp3) is 0.522. The SMILES string of the molecule is CN(C)c1ccc(O)c2c1CC1CC3[C@@H](N(C)C)C(=O)C(C(N)=O)C(=O)C3(O)C(=O)C1C2=O. The van der Waals surface area contributed by atoms with Gasteiger partial charge >= 0.3 is 0 Å². The van der Waals surface area contributed by atoms with E-state index in [9.17, 15) is 34.2 Å². The number of hydrogen-bond donors (Lipinski definition) is 3. The van der Waals surface area contributed by atoms with Crippen molar-refractivity contribution in [1.29, 1.82) is 0 Å². The van der Waals surface area contributed by atoms with Crippen molar-refractivity contribution >= 4 is 34.7 Å². The maximum Gasteiger partial charge on any atom is 0.235 e. The van der Waals surface area contributed by atoms with E-state index in [0.29, 0.717) is 11.3 Å². The molecular weight excluding hydrogens is 430 g/mol. The zero-order chi connectivity index (χ0) is 24.6. The Balaban J connectivity index is 1.89. The summed E-state index contributed by atoms with van der Waals surface area (Å²) in [6.07, 6.45) is 0.278. The molecule has 0 bridgehead atoms. The molecule has 4 rings (SSSR count). The lowest BCUT2D eigenvalue weighted by molar-refractivity contribution is -0.181. The van der Waals surface area contributed by atoms with Crippen molar-refractivity contribution in [2.24, 2.45) is 29.4 Å². The summed E-state index contributed by atoms with van der Waals surface area (Å²) in [4.78, 5) is 68.6. The molecule has 6 atom stereocenters. The monoisotopic (exact) mass is 457 g/mol. The van der Waals surface area contributed by atoms with E-state index in [1.165, 1.54) is 11.0 Å². The van der Waals surface area contributed by atoms with Crippen molar-refractivity contribution in [2.75, 3.05) is 33.1 Å². The molecule has 10 heteroatoms. The van der Waals surface area contributed by atoms with E-state index in [1.807, 2.05) is 0 Å². The van der Waals surface area contributed by atoms with E-state index in [-0.39, 0.29) is 24.2 Å². The minimum atomic E-state index is -2.70. The maximum atomic E-state index is 13.7. The van der Waals surface area contributed by atoms with Gasteiger partial charge in [0.05, 0.1) is 17.5 Å². The van der Waals surface area contributed by atoms with E-state index >= 15 is 0 Å². The number of aromatic hydroxyl groups is 1. The van der Waals surface area contributed by atoms with Crippen LogP contribution in [0.2, 0.25) is 0 Å². The molecule has 2 saturated carbocycles. The molecule has 4 N–H and O–H groups in total. The Labute approximate surface area is 190 Å². The number of rotatable bonds is 3. The van der Waals surface area contributed by atoms with Crippen LogP contribution in [0.5, 0.6) is 5.75 Å². The Morgan fingerprint density at radius 1 is 1.09 bits per heavy atom. The minimum Gasteiger partial charge on any atom is -0.507 e. The molecule has 0 spiro atoms. The predicted molar refractivity (Wildman–Crippen MR) is 116 cm³/mol. The second-order valence-electron chi connectivity index (χ2n) is 9.64. The Hall–Kier alpha value is -3.11. The van der Waals surface area contributed by atoms with Crippen LogP contribution < -0.4 is 10.6 Å². The number of nitrogens with zero attached hydrogens (tertiary/aromatic N) is 2. The van der Waals surface area contributed by atoms with Crippen LogP contribution in [0.15, 0.2) is 12.1 Å². The number of carbonyl (C=O) groups excluding carboxylic acids is 5. The molecule has 1 aromatic rings. The van der Waals surface area contributed by atoms with Crippen molar-refractivity contribution in [1.82, 2.24) is 4.90 Å². The molecule has 3 aliphatic rings. The zero-order valence-electron chi connectivity index (χ0n) is 18.9. The number of nitrogens with two attached hydrogens (primary N) is 1. The first-order chi connectivity index (χ1) is 15.3. The summed E-state index contributed by atoms with van der Waals surface area (Å²) in [5.74, 6) is -10.3. The van der Waals surface area contributed by atoms with E-state index in [1.54, 1.807) is 39.2 Å². The van der Waals surface area contributed by atoms with E-state index < -0.39 is 64.4 Å². The van der Waals surface area contributed by atoms with Gasteiger partial charge in [0, 0.05) is 25.7 Å². The number of phenols is 1. The third kappa shape index (κ3) is 2.97. The van der Waals surface area contributed by atoms with Gasteiger partial charge in [-0.15, -0.1) is 0 Å². The number of phenolic OH excluding ortho intramolecular Hbond substituents is 1. The van der Waals surface area contributed by atoms with Crippen molar-refractivity contribution in [2.45, 2.75) is 24.5 Å². The minimum absolute atomic E-state index is 0.00667. The lowest BCUT2D eigenvalue weighted by Crippen LogP contribution is -2.74. The molecule has 0 saturated heterocycles. The molecule has 33 heavy (non-hydrogen) atoms. The van der Waals surface area contributed by atoms with Crippen LogP contribution in [0.3, 0.4) is 0 Å². The van der Waals surface area contributed by atoms with Gasteiger partial charge in [-0.2, -0.15) is 0 Å². The molecular formula is C23H27N3O7. The molecule has 0 heterocycles. The van der Waals surface area contributed by atoms with Crippen molar-refractivity contribution in [3.05, 3.63) is 23.3 Å². The van der Waals surface area contributed by atoms with Gasteiger partial charge in [0.1, 0.15) is 5.75 Å². The molecule has 3 aliphatic carbocycles. The van der Waals surface area contributed by atoms with Gasteiger partial charge in [-0.1, -0.05) is 0 Å². The molecule has 176 valence electrons. The number of carbonyl (C=O) groups is 5. The average Bonchev–Trinajstić information content (AvgIpc) is 2.70. The summed E-state index contributed by atoms with van der Waals surface area (Å²) in [7, 11) is 6.69. The summed E-state index contributed by atoms with van der Waals surface area (Å²) >= 11 is 0. The number of anilines is 1. The van der Waals surface area contributed by atoms with Crippen LogP contribution in [-0.2, 0) is 25.6 Å². The first-order valence-corrected chi connectivity index (χ1v) is 10.7. The third-order valence-corrected chi connectivity index (χ3v) is 7.40. The zero-order valence-corrected chi connectivity index (χ0v) is 18.9. The fourth-order valence-corrected chi connectivity index (χ4v) is 6.01. The smallest absolute Gasteiger partial charge is 0.235 e. The highest BCUT2D eigenvalue weighted by atomic mass is 16.3. The quantitative estimate of drug-likeness (QED) is 0.481. The Kier molecular flexibility index (Phi) is 5.21. The highest BCUT2D eigenvalue weighted by Gasteiger charge is 2.69. The number of fused-ring (bicyclic) bond motifs is 3. The second kappa shape index (κ2) is 7.46. The van der Waals surface area contributed by atoms with Crippen molar-refractivity contribution < 1.29 is 34.2 Å². The normalized spacial score (nSPS) is 33.5. The first-order valence-electron chi connectivity index (χ1n) is 10.7. The Bertz CT molecular complexity index is 1110. The standard InChI is InChI=1S/C23H27N3O7/c1-25(2)12-5-6-13(27)15-10(12)7-9-8-11-17(26(3)4)19(29)16(22(24)32)21(31)23(11,33)20(30)14(9)18(15)28/h5-6,9,11,14,16-17,27,33H,7-8H2,1-4H3,(H2,24,32)/t9?,11?,14?,16?,17-,23?/m1/s1. The van der Waals surface area contributed by atoms with Gasteiger partial charge in [0.2, 0.25) is 5.91 Å². The highest BCUT2D eigenvalue weighted by Crippen LogP contribution is 2.51. The van der Waals surface area contributed by atoms with Crippen molar-refractivity contribution in [3.8, 4) is 5.75 Å². The Morgan fingerprint density at radius 3 is 2.27 bits per heavy atom. The van der Waals surface area contributed by atoms with Crippen LogP contribution >= 0.6 is 0 Å². The van der Waals surface area contributed by atoms with Gasteiger partial charge in [-0.3, -0.25) is 28.9 Å². The fourth-order valence-electron chi connectivity index (χ4n) is 6.01. The number of benzene rings is 1. The topological polar surface area (TPSA) is 158 Å². The van der Waals surface area contributed by atoms with Crippen LogP contribution in [0, 0.1) is 23.7 Å². The summed E-state index contributed by atoms with van der Waals surface area (Å²) in [6.45, 7) is 0. The van der Waals surface area contributed by atoms with Gasteiger partial charge in [-0.25, -0.2) is 0 Å². The largest absolute Gasteiger partial charge is 0.507 e. The van der Waals surface area contributed by atoms with Crippen LogP contribution in [0.4, 0.5) is 5.69 Å². The maximum absolute atomic E-state index is 13.7. The molecule has 0 aromatic heterocycles. The summed E-state index contributed by atoms with van der Waals surface area (Å²) < 4.78 is 0. The van der Waals surface area contributed by atoms with Crippen LogP contribution in [0.1, 0.15) is 22.3 Å². The number of amides is 1. The molecule has 10 nitrogen and oxygen atoms in total. The molecule has 5 unspecified atom stereocenters. The lowest BCUT2D eigenvalue weighted by atomic mass is 9.52. The molecule has 2 fully saturated rings. The number of Topliss-reactive ketones (excluding diaryl/α,β-unsaturated/α-hetero) is 4. The molecule has 1 amide bonds. The Morgan fingerprint density at radius 2 is 1.73 bits per heavy atom. The van der Waals surface area contributed by atoms with Crippen LogP contribution in [0.25, 0.3) is 0 Å². The van der Waals surface area contributed by atoms with E-state index in [4.69, 9.17) is 5.73 Å². The number of primary amides is 1. The van der Waals surface area contributed by atoms with Crippen molar-refractivity contribution in [3.63, 3.8) is 0 Å². The molecule has 0 radical (unpaired) electrons. The van der Waals surface area contributed by atoms with Gasteiger partial charge in [-0.05, 0) is 50.6 Å². The summed E-state index contributed by atoms with van der Waals surface area (Å²) in [5.41, 5.74) is 3.87. The average molecular weight is 457 g/mol. The van der Waals surface area contributed by atoms with Gasteiger partial charge < -0.3 is 20.8 Å². The summed E-state index contributed by atoms with van der Waals surface area (Å²) in [5, 5.41) is 21.9. The molecule has 1 aromatic carbocycles. The third-order valence-electron chi connectivity index (χ3n) is 7.40. The highest BCUT2D eigenvalue weighted by molar-refractivity contribution is 6.32. The second-order valence-corrected chi connectivity index (χ2v) is 9.64. The number of ketones is 4. The number of likely N-dealkylation sites (N-methyl/N-ethyl adjacent to an activating group) is 1. The van der Waals surface area contributed by atoms with Gasteiger partial charge in [0.25, 0.3) is 0 Å². The van der Waals surface area contributed by atoms with E-state index in [0.717, 1.165) is 0 Å². The first kappa shape index (κ1) is 23.1. The van der Waals surface area contributed by atoms with Crippen LogP contribution in [-0.4, -0.2) is 84.0 Å². The van der Waals surface area contributed by atoms with E-state index in [2.05, 4.69) is 0 Å².